The van der Waals surface area contributed by atoms with Crippen molar-refractivity contribution in [1.82, 2.24) is 10.5 Å². The Morgan fingerprint density at radius 2 is 1.55 bits per heavy atom. The summed E-state index contributed by atoms with van der Waals surface area (Å²) >= 11 is 0. The van der Waals surface area contributed by atoms with Crippen molar-refractivity contribution in [2.75, 3.05) is 18.5 Å². The fourth-order valence-electron chi connectivity index (χ4n) is 4.11. The molecule has 38 heavy (non-hydrogen) atoms. The lowest BCUT2D eigenvalue weighted by atomic mass is 10.1. The molecule has 0 unspecified atom stereocenters. The first-order valence-electron chi connectivity index (χ1n) is 12.3. The molecule has 1 heterocycles. The second-order valence-corrected chi connectivity index (χ2v) is 8.81. The van der Waals surface area contributed by atoms with Crippen LogP contribution in [0.1, 0.15) is 15.9 Å². The number of carbonyl (C=O) groups is 1. The molecule has 0 spiro atoms. The molecule has 0 bridgehead atoms. The summed E-state index contributed by atoms with van der Waals surface area (Å²) in [5.41, 5.74) is 8.10. The van der Waals surface area contributed by atoms with E-state index in [-0.39, 0.29) is 0 Å². The van der Waals surface area contributed by atoms with Crippen molar-refractivity contribution < 1.29 is 14.7 Å². The first kappa shape index (κ1) is 24.7. The summed E-state index contributed by atoms with van der Waals surface area (Å²) < 4.78 is 6.15. The molecule has 4 aromatic carbocycles. The zero-order chi connectivity index (χ0) is 26.2. The monoisotopic (exact) mass is 501 g/mol. The number of rotatable bonds is 9. The Bertz CT molecular complexity index is 1550. The average molecular weight is 502 g/mol. The van der Waals surface area contributed by atoms with Crippen LogP contribution in [0.25, 0.3) is 28.1 Å². The van der Waals surface area contributed by atoms with E-state index in [0.29, 0.717) is 18.7 Å². The van der Waals surface area contributed by atoms with E-state index in [4.69, 9.17) is 9.94 Å². The molecule has 0 saturated carbocycles. The lowest BCUT2D eigenvalue weighted by molar-refractivity contribution is 0.0706. The minimum atomic E-state index is -0.548. The number of hydrogen-bond acceptors (Lipinski definition) is 5. The molecule has 3 N–H and O–H groups in total. The van der Waals surface area contributed by atoms with Crippen molar-refractivity contribution in [1.29, 1.82) is 0 Å². The number of ether oxygens (including phenoxy) is 1. The average Bonchev–Trinajstić information content (AvgIpc) is 2.99. The summed E-state index contributed by atoms with van der Waals surface area (Å²) in [5, 5.41) is 13.4. The molecule has 0 aliphatic rings. The van der Waals surface area contributed by atoms with E-state index >= 15 is 0 Å². The highest BCUT2D eigenvalue weighted by atomic mass is 16.5. The summed E-state index contributed by atoms with van der Waals surface area (Å²) in [4.78, 5) is 16.2. The molecule has 5 rings (SSSR count). The van der Waals surface area contributed by atoms with Gasteiger partial charge in [-0.25, -0.2) is 5.48 Å². The maximum atomic E-state index is 11.7. The quantitative estimate of drug-likeness (QED) is 0.157. The van der Waals surface area contributed by atoms with Gasteiger partial charge >= 0.3 is 0 Å². The van der Waals surface area contributed by atoms with Crippen molar-refractivity contribution in [3.8, 4) is 16.9 Å². The highest BCUT2D eigenvalue weighted by molar-refractivity contribution is 5.93. The van der Waals surface area contributed by atoms with Gasteiger partial charge in [0.25, 0.3) is 5.91 Å². The number of nitrogens with zero attached hydrogens (tertiary/aromatic N) is 1. The largest absolute Gasteiger partial charge is 0.489 e. The molecule has 6 heteroatoms. The maximum absolute atomic E-state index is 11.7. The summed E-state index contributed by atoms with van der Waals surface area (Å²) in [7, 11) is 0. The van der Waals surface area contributed by atoms with Gasteiger partial charge in [-0.15, -0.1) is 0 Å². The molecular weight excluding hydrogens is 474 g/mol. The van der Waals surface area contributed by atoms with Crippen LogP contribution >= 0.6 is 0 Å². The highest BCUT2D eigenvalue weighted by Crippen LogP contribution is 2.23. The predicted octanol–water partition coefficient (Wildman–Crippen LogP) is 6.60. The number of aromatic nitrogens is 1. The van der Waals surface area contributed by atoms with Crippen LogP contribution in [0, 0.1) is 0 Å². The third-order valence-electron chi connectivity index (χ3n) is 6.14. The van der Waals surface area contributed by atoms with E-state index in [2.05, 4.69) is 40.6 Å². The Kier molecular flexibility index (Phi) is 7.72. The van der Waals surface area contributed by atoms with E-state index < -0.39 is 5.91 Å². The number of carbonyl (C=O) groups excluding carboxylic acids is 1. The number of hydroxylamine groups is 1. The summed E-state index contributed by atoms with van der Waals surface area (Å²) in [6.45, 7) is 0.915. The number of fused-ring (bicyclic) bond motifs is 1. The van der Waals surface area contributed by atoms with E-state index in [0.717, 1.165) is 44.6 Å². The van der Waals surface area contributed by atoms with Crippen molar-refractivity contribution in [2.24, 2.45) is 0 Å². The van der Waals surface area contributed by atoms with Gasteiger partial charge in [0.15, 0.2) is 0 Å². The van der Waals surface area contributed by atoms with Gasteiger partial charge < -0.3 is 10.1 Å². The zero-order valence-corrected chi connectivity index (χ0v) is 20.7. The van der Waals surface area contributed by atoms with Gasteiger partial charge in [0.2, 0.25) is 0 Å². The van der Waals surface area contributed by atoms with Crippen LogP contribution < -0.4 is 15.5 Å². The van der Waals surface area contributed by atoms with Crippen LogP contribution in [0.15, 0.2) is 121 Å². The Hall–Kier alpha value is -4.94. The molecule has 0 atom stereocenters. The summed E-state index contributed by atoms with van der Waals surface area (Å²) in [6, 6.07) is 35.3. The molecule has 6 nitrogen and oxygen atoms in total. The third kappa shape index (κ3) is 6.24. The van der Waals surface area contributed by atoms with E-state index in [1.165, 1.54) is 0 Å². The van der Waals surface area contributed by atoms with Crippen LogP contribution in [0.5, 0.6) is 5.75 Å². The fraction of sp³-hybridized carbons (Fsp3) is 0.0625. The number of amides is 1. The van der Waals surface area contributed by atoms with Gasteiger partial charge in [0.1, 0.15) is 12.4 Å². The zero-order valence-electron chi connectivity index (χ0n) is 20.7. The molecule has 188 valence electrons. The molecule has 5 aromatic rings. The maximum Gasteiger partial charge on any atom is 0.274 e. The third-order valence-corrected chi connectivity index (χ3v) is 6.14. The van der Waals surface area contributed by atoms with Crippen molar-refractivity contribution >= 4 is 28.6 Å². The number of pyridine rings is 1. The van der Waals surface area contributed by atoms with Crippen molar-refractivity contribution in [3.05, 3.63) is 132 Å². The van der Waals surface area contributed by atoms with Crippen LogP contribution in [-0.2, 0) is 0 Å². The number of para-hydroxylation sites is 1. The fourth-order valence-corrected chi connectivity index (χ4v) is 4.11. The van der Waals surface area contributed by atoms with Gasteiger partial charge in [-0.05, 0) is 58.7 Å². The Balaban J connectivity index is 1.32. The lowest BCUT2D eigenvalue weighted by Gasteiger charge is -2.13. The molecule has 0 radical (unpaired) electrons. The Labute approximate surface area is 221 Å². The highest BCUT2D eigenvalue weighted by Gasteiger charge is 2.06. The molecule has 0 saturated heterocycles. The molecule has 0 aliphatic heterocycles. The minimum Gasteiger partial charge on any atom is -0.489 e. The number of nitrogens with one attached hydrogen (secondary N) is 2. The topological polar surface area (TPSA) is 83.5 Å². The minimum absolute atomic E-state index is 0.373. The van der Waals surface area contributed by atoms with E-state index in [1.54, 1.807) is 17.6 Å². The molecule has 0 aliphatic carbocycles. The van der Waals surface area contributed by atoms with Gasteiger partial charge in [-0.1, -0.05) is 78.9 Å². The molecule has 1 aromatic heterocycles. The second kappa shape index (κ2) is 11.9. The van der Waals surface area contributed by atoms with Crippen LogP contribution in [0.2, 0.25) is 0 Å². The first-order valence-corrected chi connectivity index (χ1v) is 12.3. The van der Waals surface area contributed by atoms with Gasteiger partial charge in [0, 0.05) is 17.5 Å². The Morgan fingerprint density at radius 3 is 2.32 bits per heavy atom. The second-order valence-electron chi connectivity index (χ2n) is 8.81. The number of hydrogen-bond donors (Lipinski definition) is 3. The standard InChI is InChI=1S/C32H27N3O3/c36-32(35-37)27-12-10-23(11-13-27)18-24(20-33-29-19-28-8-4-5-9-31(28)34-21-29)22-38-30-16-14-26(15-17-30)25-6-2-1-3-7-25/h1-19,21,33,37H,20,22H2,(H,35,36)/b24-18+. The summed E-state index contributed by atoms with van der Waals surface area (Å²) in [5.74, 6) is 0.228. The van der Waals surface area contributed by atoms with E-state index in [9.17, 15) is 4.79 Å². The Morgan fingerprint density at radius 1 is 0.842 bits per heavy atom. The first-order chi connectivity index (χ1) is 18.7. The number of anilines is 1. The van der Waals surface area contributed by atoms with E-state index in [1.807, 2.05) is 79.0 Å². The van der Waals surface area contributed by atoms with Crippen molar-refractivity contribution in [2.45, 2.75) is 0 Å². The summed E-state index contributed by atoms with van der Waals surface area (Å²) in [6.07, 6.45) is 3.85. The van der Waals surface area contributed by atoms with Crippen LogP contribution in [0.3, 0.4) is 0 Å². The molecule has 0 fully saturated rings. The molecular formula is C32H27N3O3. The van der Waals surface area contributed by atoms with Gasteiger partial charge in [-0.3, -0.25) is 15.0 Å². The van der Waals surface area contributed by atoms with Crippen molar-refractivity contribution in [3.63, 3.8) is 0 Å². The van der Waals surface area contributed by atoms with Crippen LogP contribution in [0.4, 0.5) is 5.69 Å². The predicted molar refractivity (Wildman–Crippen MR) is 151 cm³/mol. The van der Waals surface area contributed by atoms with Gasteiger partial charge in [0.05, 0.1) is 17.4 Å². The van der Waals surface area contributed by atoms with Crippen LogP contribution in [-0.4, -0.2) is 29.3 Å². The smallest absolute Gasteiger partial charge is 0.274 e. The lowest BCUT2D eigenvalue weighted by Crippen LogP contribution is -2.18. The molecule has 1 amide bonds. The van der Waals surface area contributed by atoms with Gasteiger partial charge in [-0.2, -0.15) is 0 Å². The number of benzene rings is 4. The SMILES string of the molecule is O=C(NO)c1ccc(/C=C(\CNc2cnc3ccccc3c2)COc2ccc(-c3ccccc3)cc2)cc1. The normalized spacial score (nSPS) is 11.2.